The van der Waals surface area contributed by atoms with Gasteiger partial charge in [-0.3, -0.25) is 4.79 Å². The maximum absolute atomic E-state index is 13.0. The number of benzene rings is 1. The molecule has 0 amide bonds. The maximum Gasteiger partial charge on any atom is 0.327 e. The molecular weight excluding hydrogens is 218 g/mol. The molecule has 0 aromatic heterocycles. The van der Waals surface area contributed by atoms with Crippen molar-refractivity contribution in [3.05, 3.63) is 29.8 Å². The molecule has 1 aromatic rings. The second-order valence-corrected chi connectivity index (χ2v) is 5.09. The van der Waals surface area contributed by atoms with Crippen molar-refractivity contribution in [2.24, 2.45) is 0 Å². The van der Waals surface area contributed by atoms with Crippen molar-refractivity contribution in [2.75, 3.05) is 0 Å². The van der Waals surface area contributed by atoms with E-state index in [-0.39, 0.29) is 11.8 Å². The number of carbonyl (C=O) groups excluding carboxylic acids is 1. The quantitative estimate of drug-likeness (QED) is 0.582. The van der Waals surface area contributed by atoms with Crippen molar-refractivity contribution in [2.45, 2.75) is 29.9 Å². The molecule has 0 unspecified atom stereocenters. The van der Waals surface area contributed by atoms with Crippen LogP contribution in [0, 0.1) is 0 Å². The monoisotopic (exact) mass is 230 g/mol. The molecule has 1 nitrogen and oxygen atoms in total. The highest BCUT2D eigenvalue weighted by atomic mass is 32.2. The van der Waals surface area contributed by atoms with E-state index < -0.39 is 5.92 Å². The van der Waals surface area contributed by atoms with E-state index in [0.29, 0.717) is 5.25 Å². The Morgan fingerprint density at radius 3 is 2.60 bits per heavy atom. The molecule has 0 atom stereocenters. The van der Waals surface area contributed by atoms with E-state index in [1.807, 2.05) is 13.8 Å². The Labute approximate surface area is 91.9 Å². The van der Waals surface area contributed by atoms with E-state index in [0.717, 1.165) is 4.90 Å². The van der Waals surface area contributed by atoms with Crippen LogP contribution in [0.15, 0.2) is 29.2 Å². The summed E-state index contributed by atoms with van der Waals surface area (Å²) < 4.78 is 26.1. The molecule has 82 valence electrons. The molecule has 0 fully saturated rings. The number of carbonyl (C=O) groups is 1. The summed E-state index contributed by atoms with van der Waals surface area (Å²) in [6.45, 7) is 3.96. The Kier molecular flexibility index (Phi) is 3.85. The minimum absolute atomic E-state index is 0.247. The fourth-order valence-electron chi connectivity index (χ4n) is 1.12. The van der Waals surface area contributed by atoms with E-state index in [1.165, 1.54) is 30.0 Å². The molecule has 0 aliphatic rings. The number of hydrogen-bond acceptors (Lipinski definition) is 2. The minimum Gasteiger partial charge on any atom is -0.296 e. The SMILES string of the molecule is CC(C)Sc1cccc(C(F)(F)C=O)c1. The molecule has 0 N–H and O–H groups in total. The average Bonchev–Trinajstić information content (AvgIpc) is 2.17. The van der Waals surface area contributed by atoms with E-state index in [9.17, 15) is 13.6 Å². The fraction of sp³-hybridized carbons (Fsp3) is 0.364. The average molecular weight is 230 g/mol. The first kappa shape index (κ1) is 12.2. The Balaban J connectivity index is 2.97. The lowest BCUT2D eigenvalue weighted by Gasteiger charge is -2.11. The van der Waals surface area contributed by atoms with Crippen LogP contribution < -0.4 is 0 Å². The number of aldehydes is 1. The van der Waals surface area contributed by atoms with Crippen LogP contribution in [0.3, 0.4) is 0 Å². The summed E-state index contributed by atoms with van der Waals surface area (Å²) in [6.07, 6.45) is -0.327. The van der Waals surface area contributed by atoms with Crippen LogP contribution in [-0.4, -0.2) is 11.5 Å². The molecule has 0 aliphatic carbocycles. The van der Waals surface area contributed by atoms with Gasteiger partial charge in [0.1, 0.15) is 0 Å². The Morgan fingerprint density at radius 1 is 1.40 bits per heavy atom. The lowest BCUT2D eigenvalue weighted by Crippen LogP contribution is -2.14. The van der Waals surface area contributed by atoms with Gasteiger partial charge in [-0.1, -0.05) is 26.0 Å². The van der Waals surface area contributed by atoms with Gasteiger partial charge in [0.05, 0.1) is 0 Å². The van der Waals surface area contributed by atoms with Crippen LogP contribution in [0.4, 0.5) is 8.78 Å². The predicted octanol–water partition coefficient (Wildman–Crippen LogP) is 3.48. The van der Waals surface area contributed by atoms with Crippen molar-refractivity contribution in [1.82, 2.24) is 0 Å². The number of alkyl halides is 2. The summed E-state index contributed by atoms with van der Waals surface area (Å²) >= 11 is 1.49. The van der Waals surface area contributed by atoms with Crippen LogP contribution in [0.1, 0.15) is 19.4 Å². The summed E-state index contributed by atoms with van der Waals surface area (Å²) in [7, 11) is 0. The molecule has 1 rings (SSSR count). The van der Waals surface area contributed by atoms with Crippen molar-refractivity contribution in [3.8, 4) is 0 Å². The first-order valence-electron chi connectivity index (χ1n) is 4.57. The smallest absolute Gasteiger partial charge is 0.296 e. The standard InChI is InChI=1S/C11H12F2OS/c1-8(2)15-10-5-3-4-9(6-10)11(12,13)7-14/h3-8H,1-2H3. The molecule has 0 bridgehead atoms. The predicted molar refractivity (Wildman–Crippen MR) is 57.4 cm³/mol. The van der Waals surface area contributed by atoms with E-state index in [2.05, 4.69) is 0 Å². The van der Waals surface area contributed by atoms with E-state index in [4.69, 9.17) is 0 Å². The van der Waals surface area contributed by atoms with Gasteiger partial charge >= 0.3 is 5.92 Å². The van der Waals surface area contributed by atoms with Crippen LogP contribution in [-0.2, 0) is 10.7 Å². The van der Waals surface area contributed by atoms with Crippen molar-refractivity contribution in [1.29, 1.82) is 0 Å². The molecule has 4 heteroatoms. The first-order chi connectivity index (χ1) is 6.95. The summed E-state index contributed by atoms with van der Waals surface area (Å²) in [5.74, 6) is -3.38. The zero-order chi connectivity index (χ0) is 11.5. The largest absolute Gasteiger partial charge is 0.327 e. The zero-order valence-electron chi connectivity index (χ0n) is 8.54. The molecule has 1 aromatic carbocycles. The number of halogens is 2. The number of rotatable bonds is 4. The zero-order valence-corrected chi connectivity index (χ0v) is 9.35. The molecule has 0 heterocycles. The van der Waals surface area contributed by atoms with Gasteiger partial charge in [-0.25, -0.2) is 0 Å². The first-order valence-corrected chi connectivity index (χ1v) is 5.45. The van der Waals surface area contributed by atoms with Crippen LogP contribution in [0.25, 0.3) is 0 Å². The van der Waals surface area contributed by atoms with Gasteiger partial charge in [-0.05, 0) is 12.1 Å². The highest BCUT2D eigenvalue weighted by Gasteiger charge is 2.30. The molecule has 0 saturated carbocycles. The summed E-state index contributed by atoms with van der Waals surface area (Å²) in [4.78, 5) is 11.0. The van der Waals surface area contributed by atoms with Gasteiger partial charge < -0.3 is 0 Å². The second-order valence-electron chi connectivity index (χ2n) is 3.44. The molecule has 0 aliphatic heterocycles. The topological polar surface area (TPSA) is 17.1 Å². The lowest BCUT2D eigenvalue weighted by atomic mass is 10.1. The maximum atomic E-state index is 13.0. The van der Waals surface area contributed by atoms with Gasteiger partial charge in [0.25, 0.3) is 0 Å². The Hall–Kier alpha value is -0.900. The van der Waals surface area contributed by atoms with Gasteiger partial charge in [0, 0.05) is 15.7 Å². The van der Waals surface area contributed by atoms with Gasteiger partial charge in [0.15, 0.2) is 6.29 Å². The molecule has 0 saturated heterocycles. The number of thioether (sulfide) groups is 1. The molecule has 0 spiro atoms. The minimum atomic E-state index is -3.38. The van der Waals surface area contributed by atoms with Crippen LogP contribution >= 0.6 is 11.8 Å². The molecular formula is C11H12F2OS. The van der Waals surface area contributed by atoms with Crippen molar-refractivity contribution >= 4 is 18.0 Å². The molecule has 15 heavy (non-hydrogen) atoms. The fourth-order valence-corrected chi connectivity index (χ4v) is 2.01. The highest BCUT2D eigenvalue weighted by molar-refractivity contribution is 7.99. The summed E-state index contributed by atoms with van der Waals surface area (Å²) in [5.41, 5.74) is -0.247. The third-order valence-corrected chi connectivity index (χ3v) is 2.74. The molecule has 0 radical (unpaired) electrons. The summed E-state index contributed by atoms with van der Waals surface area (Å²) in [6, 6.07) is 5.92. The number of hydrogen-bond donors (Lipinski definition) is 0. The van der Waals surface area contributed by atoms with Crippen LogP contribution in [0.5, 0.6) is 0 Å². The summed E-state index contributed by atoms with van der Waals surface area (Å²) in [5, 5.41) is 0.324. The van der Waals surface area contributed by atoms with Gasteiger partial charge in [-0.15, -0.1) is 11.8 Å². The highest BCUT2D eigenvalue weighted by Crippen LogP contribution is 2.30. The van der Waals surface area contributed by atoms with Crippen LogP contribution in [0.2, 0.25) is 0 Å². The van der Waals surface area contributed by atoms with Gasteiger partial charge in [-0.2, -0.15) is 8.78 Å². The Morgan fingerprint density at radius 2 is 2.07 bits per heavy atom. The third-order valence-electron chi connectivity index (χ3n) is 1.74. The lowest BCUT2D eigenvalue weighted by molar-refractivity contribution is -0.130. The second kappa shape index (κ2) is 4.75. The van der Waals surface area contributed by atoms with E-state index >= 15 is 0 Å². The van der Waals surface area contributed by atoms with Gasteiger partial charge in [0.2, 0.25) is 0 Å². The Bertz CT molecular complexity index is 350. The third kappa shape index (κ3) is 3.30. The van der Waals surface area contributed by atoms with Crippen molar-refractivity contribution in [3.63, 3.8) is 0 Å². The van der Waals surface area contributed by atoms with E-state index in [1.54, 1.807) is 6.07 Å². The normalized spacial score (nSPS) is 11.8. The van der Waals surface area contributed by atoms with Crippen molar-refractivity contribution < 1.29 is 13.6 Å².